The van der Waals surface area contributed by atoms with Crippen molar-refractivity contribution in [2.45, 2.75) is 13.5 Å². The van der Waals surface area contributed by atoms with Gasteiger partial charge >= 0.3 is 0 Å². The minimum Gasteiger partial charge on any atom is -0.496 e. The molecule has 7 nitrogen and oxygen atoms in total. The predicted octanol–water partition coefficient (Wildman–Crippen LogP) is 1.63. The van der Waals surface area contributed by atoms with Crippen molar-refractivity contribution >= 4 is 12.1 Å². The standard InChI is InChI=1S/C15H18N2O2.CH4N2O/c1-11-14(8-5-9-17-11)19-10-12-13(16-2)6-4-7-15(12)18-3;2-3-1-4/h4-9,16H,10H2,1-3H3;1H,2H2,(H,3,4). The number of anilines is 1. The number of nitrogens with one attached hydrogen (secondary N) is 2. The molecule has 0 unspecified atom stereocenters. The molecule has 23 heavy (non-hydrogen) atoms. The van der Waals surface area contributed by atoms with Gasteiger partial charge in [-0.3, -0.25) is 15.2 Å². The number of carbonyl (C=O) groups is 1. The molecule has 1 amide bonds. The predicted molar refractivity (Wildman–Crippen MR) is 89.2 cm³/mol. The first-order chi connectivity index (χ1) is 11.2. The molecule has 0 atom stereocenters. The summed E-state index contributed by atoms with van der Waals surface area (Å²) in [5.41, 5.74) is 4.63. The summed E-state index contributed by atoms with van der Waals surface area (Å²) >= 11 is 0. The quantitative estimate of drug-likeness (QED) is 0.324. The van der Waals surface area contributed by atoms with Crippen molar-refractivity contribution in [3.05, 3.63) is 47.8 Å². The first-order valence-electron chi connectivity index (χ1n) is 6.95. The van der Waals surface area contributed by atoms with Gasteiger partial charge in [-0.2, -0.15) is 0 Å². The van der Waals surface area contributed by atoms with E-state index in [0.717, 1.165) is 28.4 Å². The molecule has 0 spiro atoms. The van der Waals surface area contributed by atoms with Crippen molar-refractivity contribution < 1.29 is 14.3 Å². The maximum Gasteiger partial charge on any atom is 0.221 e. The zero-order valence-corrected chi connectivity index (χ0v) is 13.5. The van der Waals surface area contributed by atoms with Crippen molar-refractivity contribution in [2.75, 3.05) is 19.5 Å². The molecule has 0 saturated heterocycles. The summed E-state index contributed by atoms with van der Waals surface area (Å²) in [5.74, 6) is 6.01. The number of methoxy groups -OCH3 is 1. The van der Waals surface area contributed by atoms with Crippen LogP contribution in [0.1, 0.15) is 11.3 Å². The van der Waals surface area contributed by atoms with Gasteiger partial charge in [0.1, 0.15) is 18.1 Å². The van der Waals surface area contributed by atoms with Gasteiger partial charge in [-0.15, -0.1) is 0 Å². The SMILES string of the molecule is CNc1cccc(OC)c1COc1cccnc1C.NNC=O. The average Bonchev–Trinajstić information content (AvgIpc) is 2.60. The Balaban J connectivity index is 0.000000593. The number of hydrogen-bond acceptors (Lipinski definition) is 6. The van der Waals surface area contributed by atoms with E-state index in [-0.39, 0.29) is 0 Å². The van der Waals surface area contributed by atoms with Crippen LogP contribution in [-0.2, 0) is 11.4 Å². The second-order valence-electron chi connectivity index (χ2n) is 4.40. The monoisotopic (exact) mass is 318 g/mol. The summed E-state index contributed by atoms with van der Waals surface area (Å²) in [7, 11) is 3.54. The van der Waals surface area contributed by atoms with Crippen molar-refractivity contribution in [3.63, 3.8) is 0 Å². The van der Waals surface area contributed by atoms with Crippen molar-refractivity contribution in [1.82, 2.24) is 10.4 Å². The normalized spacial score (nSPS) is 9.22. The van der Waals surface area contributed by atoms with Crippen LogP contribution < -0.4 is 26.1 Å². The van der Waals surface area contributed by atoms with Crippen LogP contribution in [0.3, 0.4) is 0 Å². The number of aromatic nitrogens is 1. The molecule has 124 valence electrons. The first-order valence-corrected chi connectivity index (χ1v) is 6.95. The smallest absolute Gasteiger partial charge is 0.221 e. The fourth-order valence-corrected chi connectivity index (χ4v) is 1.91. The number of hydrogen-bond donors (Lipinski definition) is 3. The van der Waals surface area contributed by atoms with Crippen molar-refractivity contribution in [3.8, 4) is 11.5 Å². The van der Waals surface area contributed by atoms with E-state index < -0.39 is 0 Å². The second kappa shape index (κ2) is 10.0. The first kappa shape index (κ1) is 18.2. The third-order valence-corrected chi connectivity index (χ3v) is 3.02. The van der Waals surface area contributed by atoms with E-state index in [9.17, 15) is 0 Å². The summed E-state index contributed by atoms with van der Waals surface area (Å²) in [4.78, 5) is 13.1. The van der Waals surface area contributed by atoms with Crippen LogP contribution in [0.15, 0.2) is 36.5 Å². The Morgan fingerprint density at radius 2 is 1.96 bits per heavy atom. The highest BCUT2D eigenvalue weighted by molar-refractivity contribution is 5.57. The fraction of sp³-hybridized carbons (Fsp3) is 0.250. The average molecular weight is 318 g/mol. The van der Waals surface area contributed by atoms with Crippen LogP contribution in [0.4, 0.5) is 5.69 Å². The van der Waals surface area contributed by atoms with Gasteiger partial charge in [-0.25, -0.2) is 5.84 Å². The summed E-state index contributed by atoms with van der Waals surface area (Å²) in [6.07, 6.45) is 2.16. The highest BCUT2D eigenvalue weighted by atomic mass is 16.5. The Kier molecular flexibility index (Phi) is 7.95. The lowest BCUT2D eigenvalue weighted by atomic mass is 10.1. The molecule has 0 saturated carbocycles. The molecule has 0 bridgehead atoms. The lowest BCUT2D eigenvalue weighted by Gasteiger charge is -2.15. The summed E-state index contributed by atoms with van der Waals surface area (Å²) in [6, 6.07) is 9.65. The molecule has 0 radical (unpaired) electrons. The molecular formula is C16H22N4O3. The van der Waals surface area contributed by atoms with Crippen LogP contribution in [-0.4, -0.2) is 25.6 Å². The molecule has 0 aliphatic carbocycles. The third kappa shape index (κ3) is 5.48. The maximum absolute atomic E-state index is 8.94. The number of rotatable bonds is 6. The second-order valence-corrected chi connectivity index (χ2v) is 4.40. The zero-order valence-electron chi connectivity index (χ0n) is 13.5. The lowest BCUT2D eigenvalue weighted by molar-refractivity contribution is -0.109. The Morgan fingerprint density at radius 1 is 1.26 bits per heavy atom. The van der Waals surface area contributed by atoms with Gasteiger partial charge < -0.3 is 14.8 Å². The van der Waals surface area contributed by atoms with Gasteiger partial charge in [0, 0.05) is 18.9 Å². The topological polar surface area (TPSA) is 98.5 Å². The van der Waals surface area contributed by atoms with Crippen LogP contribution in [0, 0.1) is 6.92 Å². The van der Waals surface area contributed by atoms with Gasteiger partial charge in [0.05, 0.1) is 18.4 Å². The molecule has 2 rings (SSSR count). The van der Waals surface area contributed by atoms with Gasteiger partial charge in [0.2, 0.25) is 6.41 Å². The van der Waals surface area contributed by atoms with E-state index in [2.05, 4.69) is 16.1 Å². The molecule has 0 aliphatic heterocycles. The highest BCUT2D eigenvalue weighted by Crippen LogP contribution is 2.28. The molecule has 2 aromatic rings. The maximum atomic E-state index is 8.94. The van der Waals surface area contributed by atoms with Gasteiger partial charge in [0.15, 0.2) is 0 Å². The van der Waals surface area contributed by atoms with E-state index in [1.807, 2.05) is 44.3 Å². The number of ether oxygens (including phenoxy) is 2. The van der Waals surface area contributed by atoms with E-state index in [1.165, 1.54) is 0 Å². The van der Waals surface area contributed by atoms with Crippen molar-refractivity contribution in [2.24, 2.45) is 5.84 Å². The number of carbonyl (C=O) groups excluding carboxylic acids is 1. The molecule has 1 aromatic carbocycles. The molecule has 0 fully saturated rings. The number of aryl methyl sites for hydroxylation is 1. The van der Waals surface area contributed by atoms with Gasteiger partial charge in [-0.05, 0) is 31.2 Å². The lowest BCUT2D eigenvalue weighted by Crippen LogP contribution is -2.18. The molecular weight excluding hydrogens is 296 g/mol. The molecule has 0 aliphatic rings. The van der Waals surface area contributed by atoms with Gasteiger partial charge in [-0.1, -0.05) is 6.07 Å². The van der Waals surface area contributed by atoms with Crippen molar-refractivity contribution in [1.29, 1.82) is 0 Å². The van der Waals surface area contributed by atoms with E-state index in [0.29, 0.717) is 13.0 Å². The molecule has 1 heterocycles. The largest absolute Gasteiger partial charge is 0.496 e. The van der Waals surface area contributed by atoms with Crippen LogP contribution >= 0.6 is 0 Å². The van der Waals surface area contributed by atoms with E-state index >= 15 is 0 Å². The number of amides is 1. The number of hydrazine groups is 1. The third-order valence-electron chi connectivity index (χ3n) is 3.02. The summed E-state index contributed by atoms with van der Waals surface area (Å²) in [6.45, 7) is 2.36. The number of benzene rings is 1. The molecule has 1 aromatic heterocycles. The number of pyridine rings is 1. The van der Waals surface area contributed by atoms with Gasteiger partial charge in [0.25, 0.3) is 0 Å². The Labute approximate surface area is 135 Å². The summed E-state index contributed by atoms with van der Waals surface area (Å²) in [5, 5.41) is 3.15. The zero-order chi connectivity index (χ0) is 17.1. The van der Waals surface area contributed by atoms with E-state index in [4.69, 9.17) is 14.3 Å². The van der Waals surface area contributed by atoms with Crippen LogP contribution in [0.2, 0.25) is 0 Å². The highest BCUT2D eigenvalue weighted by Gasteiger charge is 2.09. The Hall–Kier alpha value is -2.80. The Morgan fingerprint density at radius 3 is 2.52 bits per heavy atom. The fourth-order valence-electron chi connectivity index (χ4n) is 1.91. The Bertz CT molecular complexity index is 598. The van der Waals surface area contributed by atoms with Crippen LogP contribution in [0.5, 0.6) is 11.5 Å². The number of nitrogens with zero attached hydrogens (tertiary/aromatic N) is 1. The minimum atomic E-state index is 0.403. The number of nitrogens with two attached hydrogens (primary N) is 1. The minimum absolute atomic E-state index is 0.403. The summed E-state index contributed by atoms with van der Waals surface area (Å²) < 4.78 is 11.2. The molecule has 4 N–H and O–H groups in total. The molecule has 7 heteroatoms. The van der Waals surface area contributed by atoms with E-state index in [1.54, 1.807) is 18.7 Å². The van der Waals surface area contributed by atoms with Crippen LogP contribution in [0.25, 0.3) is 0 Å².